The predicted octanol–water partition coefficient (Wildman–Crippen LogP) is 1.30. The number of hydrogen-bond acceptors (Lipinski definition) is 5. The van der Waals surface area contributed by atoms with Gasteiger partial charge in [0.1, 0.15) is 0 Å². The third-order valence-electron chi connectivity index (χ3n) is 4.93. The molecule has 0 aliphatic carbocycles. The summed E-state index contributed by atoms with van der Waals surface area (Å²) in [6.45, 7) is 5.71. The standard InChI is InChI=1S/C18H25N3O5S/c1-12-8-13(2)11-21(10-12)17(22)6-7-19-27(24,25)14-4-5-15-16(9-14)26-18(23)20(15)3/h4-5,9,12-13,19H,6-8,10-11H2,1-3H3/t12-,13-/m1/s1. The number of rotatable bonds is 5. The summed E-state index contributed by atoms with van der Waals surface area (Å²) in [5.74, 6) is 0.326. The van der Waals surface area contributed by atoms with Gasteiger partial charge >= 0.3 is 5.76 Å². The summed E-state index contributed by atoms with van der Waals surface area (Å²) in [4.78, 5) is 25.7. The molecule has 0 spiro atoms. The van der Waals surface area contributed by atoms with Gasteiger partial charge in [0, 0.05) is 39.2 Å². The molecule has 0 unspecified atom stereocenters. The lowest BCUT2D eigenvalue weighted by Gasteiger charge is -2.35. The Morgan fingerprint density at radius 3 is 2.59 bits per heavy atom. The zero-order valence-corrected chi connectivity index (χ0v) is 16.6. The number of amides is 1. The Balaban J connectivity index is 1.63. The molecule has 1 amide bonds. The highest BCUT2D eigenvalue weighted by molar-refractivity contribution is 7.89. The summed E-state index contributed by atoms with van der Waals surface area (Å²) in [5, 5.41) is 0. The van der Waals surface area contributed by atoms with Crippen molar-refractivity contribution in [3.63, 3.8) is 0 Å². The van der Waals surface area contributed by atoms with Crippen molar-refractivity contribution in [3.05, 3.63) is 28.7 Å². The van der Waals surface area contributed by atoms with E-state index in [1.165, 1.54) is 22.8 Å². The Hall–Kier alpha value is -2.13. The number of likely N-dealkylation sites (tertiary alicyclic amines) is 1. The number of hydrogen-bond donors (Lipinski definition) is 1. The van der Waals surface area contributed by atoms with Crippen molar-refractivity contribution in [2.24, 2.45) is 18.9 Å². The maximum absolute atomic E-state index is 12.5. The first kappa shape index (κ1) is 19.6. The molecule has 1 saturated heterocycles. The molecule has 1 aliphatic rings. The molecule has 2 heterocycles. The summed E-state index contributed by atoms with van der Waals surface area (Å²) in [7, 11) is -2.25. The van der Waals surface area contributed by atoms with Crippen LogP contribution in [0.4, 0.5) is 0 Å². The quantitative estimate of drug-likeness (QED) is 0.822. The molecular weight excluding hydrogens is 370 g/mol. The highest BCUT2D eigenvalue weighted by atomic mass is 32.2. The third kappa shape index (κ3) is 4.24. The van der Waals surface area contributed by atoms with Gasteiger partial charge in [0.25, 0.3) is 0 Å². The molecule has 2 atom stereocenters. The lowest BCUT2D eigenvalue weighted by atomic mass is 9.92. The van der Waals surface area contributed by atoms with Gasteiger partial charge in [0.2, 0.25) is 15.9 Å². The maximum Gasteiger partial charge on any atom is 0.419 e. The number of carbonyl (C=O) groups is 1. The van der Waals surface area contributed by atoms with E-state index in [0.717, 1.165) is 19.5 Å². The van der Waals surface area contributed by atoms with E-state index in [1.54, 1.807) is 7.05 Å². The number of fused-ring (bicyclic) bond motifs is 1. The van der Waals surface area contributed by atoms with Gasteiger partial charge in [-0.1, -0.05) is 13.8 Å². The number of carbonyl (C=O) groups excluding carboxylic acids is 1. The van der Waals surface area contributed by atoms with Crippen molar-refractivity contribution >= 4 is 27.0 Å². The molecule has 0 bridgehead atoms. The molecule has 1 aromatic carbocycles. The largest absolute Gasteiger partial charge is 0.419 e. The van der Waals surface area contributed by atoms with Gasteiger partial charge < -0.3 is 9.32 Å². The van der Waals surface area contributed by atoms with E-state index in [4.69, 9.17) is 4.42 Å². The smallest absolute Gasteiger partial charge is 0.408 e. The molecular formula is C18H25N3O5S. The third-order valence-corrected chi connectivity index (χ3v) is 6.39. The van der Waals surface area contributed by atoms with Crippen molar-refractivity contribution in [1.82, 2.24) is 14.2 Å². The number of nitrogens with one attached hydrogen (secondary N) is 1. The van der Waals surface area contributed by atoms with Crippen LogP contribution in [0.25, 0.3) is 11.1 Å². The van der Waals surface area contributed by atoms with Gasteiger partial charge in [-0.15, -0.1) is 0 Å². The van der Waals surface area contributed by atoms with E-state index < -0.39 is 15.8 Å². The molecule has 0 radical (unpaired) electrons. The second kappa shape index (κ2) is 7.47. The predicted molar refractivity (Wildman–Crippen MR) is 101 cm³/mol. The van der Waals surface area contributed by atoms with E-state index in [0.29, 0.717) is 17.4 Å². The van der Waals surface area contributed by atoms with Gasteiger partial charge in [-0.05, 0) is 30.4 Å². The van der Waals surface area contributed by atoms with E-state index in [9.17, 15) is 18.0 Å². The fraction of sp³-hybridized carbons (Fsp3) is 0.556. The van der Waals surface area contributed by atoms with Crippen LogP contribution >= 0.6 is 0 Å². The van der Waals surface area contributed by atoms with Crippen LogP contribution < -0.4 is 10.5 Å². The molecule has 1 N–H and O–H groups in total. The first-order valence-corrected chi connectivity index (χ1v) is 10.5. The van der Waals surface area contributed by atoms with E-state index in [2.05, 4.69) is 18.6 Å². The summed E-state index contributed by atoms with van der Waals surface area (Å²) in [6.07, 6.45) is 1.22. The van der Waals surface area contributed by atoms with Crippen LogP contribution in [0.3, 0.4) is 0 Å². The van der Waals surface area contributed by atoms with Crippen LogP contribution in [0.2, 0.25) is 0 Å². The number of piperidine rings is 1. The van der Waals surface area contributed by atoms with Crippen molar-refractivity contribution in [1.29, 1.82) is 0 Å². The van der Waals surface area contributed by atoms with Crippen LogP contribution in [-0.2, 0) is 21.9 Å². The summed E-state index contributed by atoms with van der Waals surface area (Å²) in [5.41, 5.74) is 0.722. The number of aryl methyl sites for hydroxylation is 1. The van der Waals surface area contributed by atoms with Crippen molar-refractivity contribution in [2.75, 3.05) is 19.6 Å². The molecule has 27 heavy (non-hydrogen) atoms. The molecule has 1 aromatic heterocycles. The molecule has 1 aliphatic heterocycles. The monoisotopic (exact) mass is 395 g/mol. The first-order valence-electron chi connectivity index (χ1n) is 9.04. The number of aromatic nitrogens is 1. The number of sulfonamides is 1. The minimum Gasteiger partial charge on any atom is -0.408 e. The SMILES string of the molecule is C[C@@H]1C[C@@H](C)CN(C(=O)CCNS(=O)(=O)c2ccc3c(c2)oc(=O)n3C)C1. The molecule has 148 valence electrons. The van der Waals surface area contributed by atoms with Crippen LogP contribution in [0.1, 0.15) is 26.7 Å². The van der Waals surface area contributed by atoms with Crippen LogP contribution in [0, 0.1) is 11.8 Å². The van der Waals surface area contributed by atoms with Crippen molar-refractivity contribution in [2.45, 2.75) is 31.6 Å². The minimum atomic E-state index is -3.80. The number of benzene rings is 1. The fourth-order valence-electron chi connectivity index (χ4n) is 3.68. The second-order valence-corrected chi connectivity index (χ2v) is 9.22. The van der Waals surface area contributed by atoms with Gasteiger partial charge in [0.05, 0.1) is 10.4 Å². The first-order chi connectivity index (χ1) is 12.7. The average Bonchev–Trinajstić information content (AvgIpc) is 2.87. The lowest BCUT2D eigenvalue weighted by molar-refractivity contribution is -0.133. The Morgan fingerprint density at radius 1 is 1.26 bits per heavy atom. The minimum absolute atomic E-state index is 0.00276. The van der Waals surface area contributed by atoms with Gasteiger partial charge in [-0.3, -0.25) is 9.36 Å². The van der Waals surface area contributed by atoms with Gasteiger partial charge in [-0.25, -0.2) is 17.9 Å². The summed E-state index contributed by atoms with van der Waals surface area (Å²) < 4.78 is 33.7. The molecule has 9 heteroatoms. The van der Waals surface area contributed by atoms with E-state index >= 15 is 0 Å². The van der Waals surface area contributed by atoms with Crippen LogP contribution in [-0.4, -0.2) is 43.4 Å². The lowest BCUT2D eigenvalue weighted by Crippen LogP contribution is -2.43. The second-order valence-electron chi connectivity index (χ2n) is 7.45. The van der Waals surface area contributed by atoms with Crippen LogP contribution in [0.15, 0.2) is 32.3 Å². The Bertz CT molecular complexity index is 998. The summed E-state index contributed by atoms with van der Waals surface area (Å²) >= 11 is 0. The summed E-state index contributed by atoms with van der Waals surface area (Å²) in [6, 6.07) is 4.25. The van der Waals surface area contributed by atoms with E-state index in [1.807, 2.05) is 4.90 Å². The molecule has 8 nitrogen and oxygen atoms in total. The molecule has 2 aromatic rings. The van der Waals surface area contributed by atoms with E-state index in [-0.39, 0.29) is 29.4 Å². The maximum atomic E-state index is 12.5. The zero-order chi connectivity index (χ0) is 19.8. The van der Waals surface area contributed by atoms with Gasteiger partial charge in [0.15, 0.2) is 5.58 Å². The Labute approximate surface area is 158 Å². The topological polar surface area (TPSA) is 102 Å². The number of oxazole rings is 1. The average molecular weight is 395 g/mol. The fourth-order valence-corrected chi connectivity index (χ4v) is 4.73. The van der Waals surface area contributed by atoms with Crippen molar-refractivity contribution in [3.8, 4) is 0 Å². The number of nitrogens with zero attached hydrogens (tertiary/aromatic N) is 2. The van der Waals surface area contributed by atoms with Gasteiger partial charge in [-0.2, -0.15) is 0 Å². The Kier molecular flexibility index (Phi) is 5.43. The molecule has 0 saturated carbocycles. The van der Waals surface area contributed by atoms with Crippen molar-refractivity contribution < 1.29 is 17.6 Å². The highest BCUT2D eigenvalue weighted by Crippen LogP contribution is 2.21. The Morgan fingerprint density at radius 2 is 1.93 bits per heavy atom. The highest BCUT2D eigenvalue weighted by Gasteiger charge is 2.25. The molecule has 3 rings (SSSR count). The van der Waals surface area contributed by atoms with Crippen LogP contribution in [0.5, 0.6) is 0 Å². The zero-order valence-electron chi connectivity index (χ0n) is 15.8. The normalized spacial score (nSPS) is 20.9. The molecule has 1 fully saturated rings.